The third-order valence-electron chi connectivity index (χ3n) is 7.02. The van der Waals surface area contributed by atoms with Crippen LogP contribution in [0.5, 0.6) is 0 Å². The molecule has 5 rings (SSSR count). The first-order valence-corrected chi connectivity index (χ1v) is 13.2. The summed E-state index contributed by atoms with van der Waals surface area (Å²) in [5.74, 6) is -1.20. The van der Waals surface area contributed by atoms with Crippen LogP contribution in [-0.4, -0.2) is 50.4 Å². The topological polar surface area (TPSA) is 103 Å². The predicted molar refractivity (Wildman–Crippen MR) is 146 cm³/mol. The summed E-state index contributed by atoms with van der Waals surface area (Å²) >= 11 is 11.9. The summed E-state index contributed by atoms with van der Waals surface area (Å²) in [6.45, 7) is 3.38. The summed E-state index contributed by atoms with van der Waals surface area (Å²) in [6.07, 6.45) is -3.25. The van der Waals surface area contributed by atoms with E-state index in [0.717, 1.165) is 17.0 Å². The maximum absolute atomic E-state index is 15.4. The average molecular weight is 608 g/mol. The van der Waals surface area contributed by atoms with E-state index in [1.807, 2.05) is 0 Å². The first kappa shape index (κ1) is 29.1. The van der Waals surface area contributed by atoms with E-state index in [4.69, 9.17) is 33.8 Å². The molecule has 2 fully saturated rings. The summed E-state index contributed by atoms with van der Waals surface area (Å²) in [6, 6.07) is 6.91. The van der Waals surface area contributed by atoms with Gasteiger partial charge in [-0.2, -0.15) is 18.4 Å². The molecular formula is C27H22ClF4N5O3S. The van der Waals surface area contributed by atoms with Crippen molar-refractivity contribution in [2.24, 2.45) is 0 Å². The highest BCUT2D eigenvalue weighted by atomic mass is 35.5. The number of ether oxygens (including phenoxy) is 1. The van der Waals surface area contributed by atoms with Gasteiger partial charge in [-0.3, -0.25) is 9.69 Å². The fourth-order valence-electron chi connectivity index (χ4n) is 4.60. The molecule has 0 bridgehead atoms. The molecule has 2 heterocycles. The molecule has 1 aromatic heterocycles. The largest absolute Gasteiger partial charge is 0.417 e. The van der Waals surface area contributed by atoms with Crippen molar-refractivity contribution in [2.45, 2.75) is 50.4 Å². The highest BCUT2D eigenvalue weighted by Crippen LogP contribution is 2.41. The second kappa shape index (κ2) is 10.1. The number of hydrogen-bond donors (Lipinski definition) is 1. The Morgan fingerprint density at radius 2 is 1.90 bits per heavy atom. The van der Waals surface area contributed by atoms with E-state index in [0.29, 0.717) is 18.9 Å². The first-order valence-electron chi connectivity index (χ1n) is 12.4. The normalized spacial score (nSPS) is 17.8. The van der Waals surface area contributed by atoms with Crippen molar-refractivity contribution in [3.8, 4) is 6.07 Å². The summed E-state index contributed by atoms with van der Waals surface area (Å²) in [5, 5.41) is 18.9. The smallest absolute Gasteiger partial charge is 0.387 e. The van der Waals surface area contributed by atoms with Crippen molar-refractivity contribution >= 4 is 57.1 Å². The number of thiocarbonyl (C=S) groups is 1. The van der Waals surface area contributed by atoms with Gasteiger partial charge in [0.2, 0.25) is 0 Å². The van der Waals surface area contributed by atoms with Gasteiger partial charge in [0, 0.05) is 17.5 Å². The SMILES string of the molecule is CC1(C)C(=O)N(c2ccc(C#N)c(C(F)(F)F)c2)C(=S)N1c1cc(F)c2nc(CCOCC3(O)CC3)nc(Cl)c2c1. The van der Waals surface area contributed by atoms with E-state index in [2.05, 4.69) is 9.97 Å². The van der Waals surface area contributed by atoms with Crippen LogP contribution in [0.1, 0.15) is 43.6 Å². The number of alkyl halides is 3. The van der Waals surface area contributed by atoms with Crippen molar-refractivity contribution in [1.82, 2.24) is 9.97 Å². The molecule has 1 saturated heterocycles. The number of fused-ring (bicyclic) bond motifs is 1. The number of amides is 1. The lowest BCUT2D eigenvalue weighted by Crippen LogP contribution is -2.44. The van der Waals surface area contributed by atoms with E-state index < -0.39 is 40.2 Å². The number of carbonyl (C=O) groups excluding carboxylic acids is 1. The zero-order chi connectivity index (χ0) is 29.9. The van der Waals surface area contributed by atoms with Crippen LogP contribution in [0, 0.1) is 17.1 Å². The predicted octanol–water partition coefficient (Wildman–Crippen LogP) is 5.31. The van der Waals surface area contributed by atoms with Crippen LogP contribution in [0.2, 0.25) is 5.15 Å². The molecule has 2 aliphatic rings. The number of carbonyl (C=O) groups is 1. The molecule has 14 heteroatoms. The molecule has 1 aliphatic heterocycles. The Bertz CT molecular complexity index is 1640. The lowest BCUT2D eigenvalue weighted by molar-refractivity contribution is -0.137. The average Bonchev–Trinajstić information content (AvgIpc) is 3.59. The summed E-state index contributed by atoms with van der Waals surface area (Å²) < 4.78 is 61.7. The molecular weight excluding hydrogens is 586 g/mol. The second-order valence-electron chi connectivity index (χ2n) is 10.4. The molecule has 0 spiro atoms. The Kier molecular flexibility index (Phi) is 7.18. The van der Waals surface area contributed by atoms with Crippen LogP contribution < -0.4 is 9.80 Å². The van der Waals surface area contributed by atoms with Gasteiger partial charge in [-0.05, 0) is 69.2 Å². The Morgan fingerprint density at radius 3 is 2.54 bits per heavy atom. The second-order valence-corrected chi connectivity index (χ2v) is 11.2. The Labute approximate surface area is 242 Å². The van der Waals surface area contributed by atoms with Gasteiger partial charge in [-0.25, -0.2) is 14.4 Å². The fraction of sp³-hybridized carbons (Fsp3) is 0.370. The van der Waals surface area contributed by atoms with Gasteiger partial charge in [-0.15, -0.1) is 0 Å². The highest BCUT2D eigenvalue weighted by molar-refractivity contribution is 7.81. The molecule has 41 heavy (non-hydrogen) atoms. The third-order valence-corrected chi connectivity index (χ3v) is 7.67. The number of aromatic nitrogens is 2. The Morgan fingerprint density at radius 1 is 1.20 bits per heavy atom. The summed E-state index contributed by atoms with van der Waals surface area (Å²) in [5.41, 5.74) is -4.17. The lowest BCUT2D eigenvalue weighted by atomic mass is 10.0. The number of nitriles is 1. The van der Waals surface area contributed by atoms with Crippen LogP contribution in [0.4, 0.5) is 28.9 Å². The quantitative estimate of drug-likeness (QED) is 0.167. The van der Waals surface area contributed by atoms with E-state index in [1.54, 1.807) is 0 Å². The molecule has 2 aromatic carbocycles. The lowest BCUT2D eigenvalue weighted by Gasteiger charge is -2.29. The van der Waals surface area contributed by atoms with Gasteiger partial charge < -0.3 is 14.7 Å². The number of rotatable bonds is 7. The molecule has 8 nitrogen and oxygen atoms in total. The van der Waals surface area contributed by atoms with Crippen molar-refractivity contribution < 1.29 is 32.2 Å². The molecule has 1 saturated carbocycles. The Hall–Kier alpha value is -3.44. The van der Waals surface area contributed by atoms with Crippen molar-refractivity contribution in [3.05, 3.63) is 58.3 Å². The number of aliphatic hydroxyl groups is 1. The van der Waals surface area contributed by atoms with Gasteiger partial charge in [0.05, 0.1) is 41.7 Å². The zero-order valence-corrected chi connectivity index (χ0v) is 23.3. The van der Waals surface area contributed by atoms with Crippen molar-refractivity contribution in [1.29, 1.82) is 5.26 Å². The van der Waals surface area contributed by atoms with E-state index in [1.165, 1.54) is 36.9 Å². The molecule has 1 N–H and O–H groups in total. The zero-order valence-electron chi connectivity index (χ0n) is 21.7. The minimum absolute atomic E-state index is 0.0559. The van der Waals surface area contributed by atoms with Gasteiger partial charge in [0.25, 0.3) is 5.91 Å². The number of anilines is 2. The molecule has 0 radical (unpaired) electrons. The third kappa shape index (κ3) is 5.32. The molecule has 0 unspecified atom stereocenters. The molecule has 0 atom stereocenters. The minimum Gasteiger partial charge on any atom is -0.387 e. The van der Waals surface area contributed by atoms with Crippen LogP contribution in [0.15, 0.2) is 30.3 Å². The van der Waals surface area contributed by atoms with Crippen molar-refractivity contribution in [3.63, 3.8) is 0 Å². The fourth-order valence-corrected chi connectivity index (χ4v) is 5.36. The number of benzene rings is 2. The maximum Gasteiger partial charge on any atom is 0.417 e. The number of halogens is 5. The standard InChI is InChI=1S/C27H22ClF4N5O3S/c1-25(2)23(38)36(15-4-3-14(12-33)18(10-15)27(30,31)32)24(41)37(25)16-9-17-21(19(29)11-16)34-20(35-22(17)28)5-8-40-13-26(39)6-7-26/h3-4,9-11,39H,5-8,13H2,1-2H3. The molecule has 3 aromatic rings. The van der Waals surface area contributed by atoms with Crippen molar-refractivity contribution in [2.75, 3.05) is 23.0 Å². The van der Waals surface area contributed by atoms with Gasteiger partial charge in [0.15, 0.2) is 10.9 Å². The summed E-state index contributed by atoms with van der Waals surface area (Å²) in [7, 11) is 0. The van der Waals surface area contributed by atoms with E-state index in [9.17, 15) is 23.1 Å². The van der Waals surface area contributed by atoms with Gasteiger partial charge in [-0.1, -0.05) is 11.6 Å². The van der Waals surface area contributed by atoms with E-state index in [-0.39, 0.29) is 58.0 Å². The van der Waals surface area contributed by atoms with Crippen LogP contribution in [0.25, 0.3) is 10.9 Å². The number of nitrogens with zero attached hydrogens (tertiary/aromatic N) is 5. The van der Waals surface area contributed by atoms with Gasteiger partial charge in [0.1, 0.15) is 22.0 Å². The molecule has 1 aliphatic carbocycles. The monoisotopic (exact) mass is 607 g/mol. The first-order chi connectivity index (χ1) is 19.2. The minimum atomic E-state index is -4.85. The Balaban J connectivity index is 1.47. The van der Waals surface area contributed by atoms with Crippen LogP contribution >= 0.6 is 23.8 Å². The van der Waals surface area contributed by atoms with E-state index >= 15 is 4.39 Å². The summed E-state index contributed by atoms with van der Waals surface area (Å²) in [4.78, 5) is 24.2. The van der Waals surface area contributed by atoms with Crippen LogP contribution in [0.3, 0.4) is 0 Å². The molecule has 1 amide bonds. The maximum atomic E-state index is 15.4. The highest BCUT2D eigenvalue weighted by Gasteiger charge is 2.51. The number of hydrogen-bond acceptors (Lipinski definition) is 7. The van der Waals surface area contributed by atoms with Gasteiger partial charge >= 0.3 is 6.18 Å². The van der Waals surface area contributed by atoms with Crippen LogP contribution in [-0.2, 0) is 22.1 Å². The molecule has 214 valence electrons.